The molecule has 28 heavy (non-hydrogen) atoms. The van der Waals surface area contributed by atoms with E-state index in [1.165, 1.54) is 30.5 Å². The Hall–Kier alpha value is -3.17. The van der Waals surface area contributed by atoms with Gasteiger partial charge in [0.05, 0.1) is 28.8 Å². The zero-order chi connectivity index (χ0) is 20.3. The van der Waals surface area contributed by atoms with Crippen LogP contribution in [-0.4, -0.2) is 34.9 Å². The molecule has 148 valence electrons. The highest BCUT2D eigenvalue weighted by Crippen LogP contribution is 2.31. The molecule has 2 aromatic rings. The number of nitrogens with zero attached hydrogens (tertiary/aromatic N) is 3. The van der Waals surface area contributed by atoms with Crippen LogP contribution in [0.25, 0.3) is 0 Å². The zero-order valence-corrected chi connectivity index (χ0v) is 14.6. The van der Waals surface area contributed by atoms with E-state index in [4.69, 9.17) is 0 Å². The molecular weight excluding hydrogens is 377 g/mol. The second kappa shape index (κ2) is 7.83. The minimum atomic E-state index is -4.46. The van der Waals surface area contributed by atoms with Crippen LogP contribution in [0.4, 0.5) is 24.5 Å². The number of nitrogens with one attached hydrogen (secondary N) is 1. The van der Waals surface area contributed by atoms with Gasteiger partial charge in [0.2, 0.25) is 5.91 Å². The third kappa shape index (κ3) is 4.76. The number of non-ortho nitro benzene ring substituents is 1. The van der Waals surface area contributed by atoms with E-state index in [1.54, 1.807) is 4.90 Å². The van der Waals surface area contributed by atoms with Crippen LogP contribution in [-0.2, 0) is 17.4 Å². The Morgan fingerprint density at radius 1 is 1.29 bits per heavy atom. The van der Waals surface area contributed by atoms with Crippen molar-refractivity contribution in [2.24, 2.45) is 0 Å². The lowest BCUT2D eigenvalue weighted by molar-refractivity contribution is -0.384. The van der Waals surface area contributed by atoms with E-state index in [-0.39, 0.29) is 24.1 Å². The Bertz CT molecular complexity index is 871. The number of nitro groups is 1. The number of halogens is 3. The van der Waals surface area contributed by atoms with Crippen LogP contribution in [0, 0.1) is 10.1 Å². The van der Waals surface area contributed by atoms with Gasteiger partial charge in [0.1, 0.15) is 0 Å². The summed E-state index contributed by atoms with van der Waals surface area (Å²) in [5.41, 5.74) is 0.142. The van der Waals surface area contributed by atoms with Crippen molar-refractivity contribution in [2.75, 3.05) is 18.0 Å². The summed E-state index contributed by atoms with van der Waals surface area (Å²) in [6, 6.07) is 6.56. The van der Waals surface area contributed by atoms with Crippen molar-refractivity contribution in [3.8, 4) is 0 Å². The quantitative estimate of drug-likeness (QED) is 0.622. The fourth-order valence-electron chi connectivity index (χ4n) is 3.07. The second-order valence-electron chi connectivity index (χ2n) is 6.53. The number of alkyl halides is 3. The molecule has 0 bridgehead atoms. The average Bonchev–Trinajstić information content (AvgIpc) is 3.10. The standard InChI is InChI=1S/C18H17F3N4O3/c19-18(20,21)13-8-16(10-22-9-13)24-6-5-14(11-24)23-17(26)7-12-1-3-15(4-2-12)25(27)28/h1-4,8-10,14H,5-7,11H2,(H,23,26). The number of pyridine rings is 1. The van der Waals surface area contributed by atoms with E-state index >= 15 is 0 Å². The van der Waals surface area contributed by atoms with Crippen molar-refractivity contribution >= 4 is 17.3 Å². The first-order valence-electron chi connectivity index (χ1n) is 8.52. The van der Waals surface area contributed by atoms with Gasteiger partial charge in [0.25, 0.3) is 5.69 Å². The van der Waals surface area contributed by atoms with Crippen molar-refractivity contribution < 1.29 is 22.9 Å². The normalized spacial score (nSPS) is 16.8. The summed E-state index contributed by atoms with van der Waals surface area (Å²) in [6.45, 7) is 0.889. The molecule has 3 rings (SSSR count). The van der Waals surface area contributed by atoms with Crippen LogP contribution in [0.5, 0.6) is 0 Å². The van der Waals surface area contributed by atoms with Crippen LogP contribution in [0.3, 0.4) is 0 Å². The van der Waals surface area contributed by atoms with E-state index in [0.29, 0.717) is 30.8 Å². The molecule has 1 amide bonds. The molecule has 1 atom stereocenters. The number of anilines is 1. The molecule has 1 N–H and O–H groups in total. The average molecular weight is 394 g/mol. The molecule has 1 aromatic heterocycles. The lowest BCUT2D eigenvalue weighted by atomic mass is 10.1. The summed E-state index contributed by atoms with van der Waals surface area (Å²) in [6.07, 6.45) is -1.64. The van der Waals surface area contributed by atoms with Crippen LogP contribution in [0.15, 0.2) is 42.7 Å². The maximum absolute atomic E-state index is 12.8. The third-order valence-corrected chi connectivity index (χ3v) is 4.48. The number of hydrogen-bond donors (Lipinski definition) is 1. The van der Waals surface area contributed by atoms with Gasteiger partial charge < -0.3 is 10.2 Å². The minimum absolute atomic E-state index is 0.0507. The highest BCUT2D eigenvalue weighted by Gasteiger charge is 2.32. The molecule has 1 aliphatic heterocycles. The molecule has 2 heterocycles. The molecule has 7 nitrogen and oxygen atoms in total. The lowest BCUT2D eigenvalue weighted by Crippen LogP contribution is -2.38. The molecule has 1 aliphatic rings. The Labute approximate surface area is 158 Å². The fraction of sp³-hybridized carbons (Fsp3) is 0.333. The molecule has 1 unspecified atom stereocenters. The lowest BCUT2D eigenvalue weighted by Gasteiger charge is -2.20. The number of hydrogen-bond acceptors (Lipinski definition) is 5. The Morgan fingerprint density at radius 2 is 2.00 bits per heavy atom. The number of carbonyl (C=O) groups excluding carboxylic acids is 1. The molecule has 1 fully saturated rings. The summed E-state index contributed by atoms with van der Waals surface area (Å²) in [7, 11) is 0. The van der Waals surface area contributed by atoms with Crippen molar-refractivity contribution in [3.63, 3.8) is 0 Å². The first kappa shape index (κ1) is 19.6. The Kier molecular flexibility index (Phi) is 5.48. The van der Waals surface area contributed by atoms with Gasteiger partial charge >= 0.3 is 6.18 Å². The predicted molar refractivity (Wildman–Crippen MR) is 94.8 cm³/mol. The largest absolute Gasteiger partial charge is 0.417 e. The summed E-state index contributed by atoms with van der Waals surface area (Å²) < 4.78 is 38.5. The van der Waals surface area contributed by atoms with Crippen molar-refractivity contribution in [3.05, 3.63) is 64.0 Å². The smallest absolute Gasteiger partial charge is 0.368 e. The van der Waals surface area contributed by atoms with Crippen LogP contribution < -0.4 is 10.2 Å². The number of amides is 1. The molecule has 1 saturated heterocycles. The molecule has 0 spiro atoms. The predicted octanol–water partition coefficient (Wildman–Crippen LogP) is 2.95. The minimum Gasteiger partial charge on any atom is -0.368 e. The van der Waals surface area contributed by atoms with E-state index in [2.05, 4.69) is 10.3 Å². The number of benzene rings is 1. The number of carbonyl (C=O) groups is 1. The van der Waals surface area contributed by atoms with Gasteiger partial charge in [-0.2, -0.15) is 13.2 Å². The zero-order valence-electron chi connectivity index (χ0n) is 14.6. The van der Waals surface area contributed by atoms with Crippen LogP contribution in [0.1, 0.15) is 17.5 Å². The van der Waals surface area contributed by atoms with Gasteiger partial charge in [-0.05, 0) is 18.1 Å². The highest BCUT2D eigenvalue weighted by molar-refractivity contribution is 5.79. The number of rotatable bonds is 5. The molecule has 10 heteroatoms. The third-order valence-electron chi connectivity index (χ3n) is 4.48. The molecule has 0 radical (unpaired) electrons. The van der Waals surface area contributed by atoms with Crippen molar-refractivity contribution in [1.82, 2.24) is 10.3 Å². The van der Waals surface area contributed by atoms with Gasteiger partial charge in [-0.15, -0.1) is 0 Å². The van der Waals surface area contributed by atoms with Gasteiger partial charge in [-0.3, -0.25) is 19.9 Å². The SMILES string of the molecule is O=C(Cc1ccc([N+](=O)[O-])cc1)NC1CCN(c2cncc(C(F)(F)F)c2)C1. The van der Waals surface area contributed by atoms with Gasteiger partial charge in [0, 0.05) is 37.5 Å². The summed E-state index contributed by atoms with van der Waals surface area (Å²) >= 11 is 0. The molecule has 1 aromatic carbocycles. The van der Waals surface area contributed by atoms with Crippen LogP contribution >= 0.6 is 0 Å². The van der Waals surface area contributed by atoms with Crippen molar-refractivity contribution in [1.29, 1.82) is 0 Å². The first-order chi connectivity index (χ1) is 13.2. The van der Waals surface area contributed by atoms with Crippen LogP contribution in [0.2, 0.25) is 0 Å². The second-order valence-corrected chi connectivity index (χ2v) is 6.53. The maximum atomic E-state index is 12.8. The molecular formula is C18H17F3N4O3. The van der Waals surface area contributed by atoms with E-state index in [9.17, 15) is 28.1 Å². The summed E-state index contributed by atoms with van der Waals surface area (Å²) in [4.78, 5) is 27.7. The maximum Gasteiger partial charge on any atom is 0.417 e. The number of aromatic nitrogens is 1. The van der Waals surface area contributed by atoms with Gasteiger partial charge in [0.15, 0.2) is 0 Å². The first-order valence-corrected chi connectivity index (χ1v) is 8.52. The molecule has 0 aliphatic carbocycles. The topological polar surface area (TPSA) is 88.4 Å². The van der Waals surface area contributed by atoms with Crippen molar-refractivity contribution in [2.45, 2.75) is 25.1 Å². The van der Waals surface area contributed by atoms with E-state index in [0.717, 1.165) is 12.3 Å². The van der Waals surface area contributed by atoms with Gasteiger partial charge in [-0.25, -0.2) is 0 Å². The Balaban J connectivity index is 1.56. The summed E-state index contributed by atoms with van der Waals surface area (Å²) in [5.74, 6) is -0.247. The monoisotopic (exact) mass is 394 g/mol. The summed E-state index contributed by atoms with van der Waals surface area (Å²) in [5, 5.41) is 13.5. The number of nitro benzene ring substituents is 1. The fourth-order valence-corrected chi connectivity index (χ4v) is 3.07. The van der Waals surface area contributed by atoms with Gasteiger partial charge in [-0.1, -0.05) is 12.1 Å². The van der Waals surface area contributed by atoms with E-state index < -0.39 is 16.7 Å². The highest BCUT2D eigenvalue weighted by atomic mass is 19.4. The Morgan fingerprint density at radius 3 is 2.64 bits per heavy atom. The molecule has 0 saturated carbocycles. The van der Waals surface area contributed by atoms with E-state index in [1.807, 2.05) is 0 Å².